The highest BCUT2D eigenvalue weighted by molar-refractivity contribution is 9.10. The maximum atomic E-state index is 6.15. The molecule has 1 atom stereocenters. The van der Waals surface area contributed by atoms with Crippen LogP contribution in [0.15, 0.2) is 71.2 Å². The molecule has 0 radical (unpaired) electrons. The summed E-state index contributed by atoms with van der Waals surface area (Å²) in [6.45, 7) is 5.28. The Hall–Kier alpha value is -2.46. The molecule has 0 saturated heterocycles. The van der Waals surface area contributed by atoms with E-state index in [4.69, 9.17) is 9.47 Å². The lowest BCUT2D eigenvalue weighted by molar-refractivity contribution is 0.233. The van der Waals surface area contributed by atoms with Crippen molar-refractivity contribution in [2.45, 2.75) is 39.5 Å². The highest BCUT2D eigenvalue weighted by Crippen LogP contribution is 2.50. The second-order valence-corrected chi connectivity index (χ2v) is 8.65. The molecule has 156 valence electrons. The number of unbranched alkanes of at least 4 members (excludes halogenated alkanes) is 1. The van der Waals surface area contributed by atoms with Crippen LogP contribution in [0.25, 0.3) is 0 Å². The van der Waals surface area contributed by atoms with E-state index < -0.39 is 0 Å². The SMILES string of the molecule is CCCCC(CC)COc1ccc(N2c3ccccc3Oc3cc(Br)ccc32)cc1. The van der Waals surface area contributed by atoms with Gasteiger partial charge in [-0.15, -0.1) is 0 Å². The van der Waals surface area contributed by atoms with Crippen molar-refractivity contribution < 1.29 is 9.47 Å². The van der Waals surface area contributed by atoms with Gasteiger partial charge in [-0.3, -0.25) is 0 Å². The van der Waals surface area contributed by atoms with Crippen LogP contribution in [-0.2, 0) is 0 Å². The van der Waals surface area contributed by atoms with E-state index in [9.17, 15) is 0 Å². The standard InChI is InChI=1S/C26H28BrNO2/c1-3-5-8-19(4-2)18-29-22-14-12-21(13-15-22)28-23-9-6-7-10-25(23)30-26-17-20(27)11-16-24(26)28/h6-7,9-17,19H,3-5,8,18H2,1-2H3. The second-order valence-electron chi connectivity index (χ2n) is 7.74. The molecule has 0 saturated carbocycles. The number of benzene rings is 3. The van der Waals surface area contributed by atoms with Crippen LogP contribution < -0.4 is 14.4 Å². The van der Waals surface area contributed by atoms with Crippen molar-refractivity contribution in [3.63, 3.8) is 0 Å². The number of fused-ring (bicyclic) bond motifs is 2. The Balaban J connectivity index is 1.57. The van der Waals surface area contributed by atoms with E-state index in [1.54, 1.807) is 0 Å². The van der Waals surface area contributed by atoms with E-state index in [2.05, 4.69) is 71.1 Å². The van der Waals surface area contributed by atoms with Crippen molar-refractivity contribution in [2.24, 2.45) is 5.92 Å². The highest BCUT2D eigenvalue weighted by atomic mass is 79.9. The molecule has 3 aromatic rings. The van der Waals surface area contributed by atoms with Gasteiger partial charge in [-0.25, -0.2) is 0 Å². The van der Waals surface area contributed by atoms with E-state index in [1.807, 2.05) is 30.3 Å². The smallest absolute Gasteiger partial charge is 0.152 e. The highest BCUT2D eigenvalue weighted by Gasteiger charge is 2.25. The first kappa shape index (κ1) is 20.8. The van der Waals surface area contributed by atoms with E-state index >= 15 is 0 Å². The molecule has 1 aliphatic rings. The van der Waals surface area contributed by atoms with Crippen LogP contribution in [0.2, 0.25) is 0 Å². The van der Waals surface area contributed by atoms with E-state index in [1.165, 1.54) is 19.3 Å². The molecular weight excluding hydrogens is 438 g/mol. The molecule has 0 spiro atoms. The maximum absolute atomic E-state index is 6.15. The Kier molecular flexibility index (Phi) is 6.63. The fourth-order valence-electron chi connectivity index (χ4n) is 3.81. The first-order valence-electron chi connectivity index (χ1n) is 10.8. The first-order chi connectivity index (χ1) is 14.7. The van der Waals surface area contributed by atoms with E-state index in [0.717, 1.165) is 51.8 Å². The third-order valence-corrected chi connectivity index (χ3v) is 6.11. The van der Waals surface area contributed by atoms with Crippen molar-refractivity contribution in [1.82, 2.24) is 0 Å². The predicted octanol–water partition coefficient (Wildman–Crippen LogP) is 8.62. The van der Waals surface area contributed by atoms with E-state index in [0.29, 0.717) is 5.92 Å². The van der Waals surface area contributed by atoms with Crippen molar-refractivity contribution in [1.29, 1.82) is 0 Å². The largest absolute Gasteiger partial charge is 0.493 e. The Bertz CT molecular complexity index is 987. The fourth-order valence-corrected chi connectivity index (χ4v) is 4.15. The number of anilines is 3. The number of hydrogen-bond donors (Lipinski definition) is 0. The summed E-state index contributed by atoms with van der Waals surface area (Å²) in [5, 5.41) is 0. The van der Waals surface area contributed by atoms with Gasteiger partial charge in [0.1, 0.15) is 5.75 Å². The van der Waals surface area contributed by atoms with Gasteiger partial charge < -0.3 is 14.4 Å². The number of nitrogens with zero attached hydrogens (tertiary/aromatic N) is 1. The van der Waals surface area contributed by atoms with E-state index in [-0.39, 0.29) is 0 Å². The minimum atomic E-state index is 0.626. The summed E-state index contributed by atoms with van der Waals surface area (Å²) in [6.07, 6.45) is 4.91. The molecule has 1 unspecified atom stereocenters. The summed E-state index contributed by atoms with van der Waals surface area (Å²) in [5.41, 5.74) is 3.14. The molecule has 0 aliphatic carbocycles. The topological polar surface area (TPSA) is 21.7 Å². The van der Waals surface area contributed by atoms with Crippen LogP contribution >= 0.6 is 15.9 Å². The Morgan fingerprint density at radius 3 is 2.47 bits per heavy atom. The minimum Gasteiger partial charge on any atom is -0.493 e. The molecule has 1 aliphatic heterocycles. The molecule has 30 heavy (non-hydrogen) atoms. The monoisotopic (exact) mass is 465 g/mol. The molecule has 0 N–H and O–H groups in total. The van der Waals surface area contributed by atoms with Gasteiger partial charge in [0.25, 0.3) is 0 Å². The van der Waals surface area contributed by atoms with Crippen LogP contribution in [0.5, 0.6) is 17.2 Å². The molecule has 3 nitrogen and oxygen atoms in total. The summed E-state index contributed by atoms with van der Waals surface area (Å²) in [6, 6.07) is 22.6. The lowest BCUT2D eigenvalue weighted by Gasteiger charge is -2.33. The van der Waals surface area contributed by atoms with Crippen molar-refractivity contribution in [3.8, 4) is 17.2 Å². The molecule has 0 amide bonds. The van der Waals surface area contributed by atoms with Crippen molar-refractivity contribution in [2.75, 3.05) is 11.5 Å². The quantitative estimate of drug-likeness (QED) is 0.259. The Morgan fingerprint density at radius 2 is 1.70 bits per heavy atom. The number of ether oxygens (including phenoxy) is 2. The van der Waals surface area contributed by atoms with Gasteiger partial charge in [-0.2, -0.15) is 0 Å². The van der Waals surface area contributed by atoms with Gasteiger partial charge in [0.05, 0.1) is 18.0 Å². The molecule has 0 aromatic heterocycles. The normalized spacial score (nSPS) is 13.2. The van der Waals surface area contributed by atoms with Crippen molar-refractivity contribution >= 4 is 33.0 Å². The van der Waals surface area contributed by atoms with Crippen LogP contribution in [0.3, 0.4) is 0 Å². The van der Waals surface area contributed by atoms with Gasteiger partial charge in [0, 0.05) is 10.2 Å². The lowest BCUT2D eigenvalue weighted by Crippen LogP contribution is -2.15. The summed E-state index contributed by atoms with van der Waals surface area (Å²) in [4.78, 5) is 2.24. The maximum Gasteiger partial charge on any atom is 0.152 e. The molecule has 3 aromatic carbocycles. The van der Waals surface area contributed by atoms with Crippen LogP contribution in [0.1, 0.15) is 39.5 Å². The predicted molar refractivity (Wildman–Crippen MR) is 128 cm³/mol. The Labute approximate surface area is 187 Å². The number of para-hydroxylation sites is 2. The third-order valence-electron chi connectivity index (χ3n) is 5.61. The fraction of sp³-hybridized carbons (Fsp3) is 0.308. The zero-order valence-corrected chi connectivity index (χ0v) is 19.2. The molecule has 0 bridgehead atoms. The van der Waals surface area contributed by atoms with Gasteiger partial charge >= 0.3 is 0 Å². The molecule has 0 fully saturated rings. The molecular formula is C26H28BrNO2. The zero-order chi connectivity index (χ0) is 20.9. The first-order valence-corrected chi connectivity index (χ1v) is 11.6. The summed E-state index contributed by atoms with van der Waals surface area (Å²) >= 11 is 3.55. The molecule has 4 rings (SSSR count). The van der Waals surface area contributed by atoms with Gasteiger partial charge in [-0.1, -0.05) is 61.2 Å². The van der Waals surface area contributed by atoms with Gasteiger partial charge in [-0.05, 0) is 66.9 Å². The summed E-state index contributed by atoms with van der Waals surface area (Å²) in [5.74, 6) is 3.24. The summed E-state index contributed by atoms with van der Waals surface area (Å²) in [7, 11) is 0. The zero-order valence-electron chi connectivity index (χ0n) is 17.6. The van der Waals surface area contributed by atoms with Gasteiger partial charge in [0.2, 0.25) is 0 Å². The van der Waals surface area contributed by atoms with Crippen LogP contribution in [0, 0.1) is 5.92 Å². The van der Waals surface area contributed by atoms with Crippen molar-refractivity contribution in [3.05, 3.63) is 71.2 Å². The average Bonchev–Trinajstić information content (AvgIpc) is 2.78. The Morgan fingerprint density at radius 1 is 0.933 bits per heavy atom. The van der Waals surface area contributed by atoms with Crippen LogP contribution in [-0.4, -0.2) is 6.61 Å². The molecule has 1 heterocycles. The minimum absolute atomic E-state index is 0.626. The average molecular weight is 466 g/mol. The summed E-state index contributed by atoms with van der Waals surface area (Å²) < 4.78 is 13.2. The number of rotatable bonds is 8. The third kappa shape index (κ3) is 4.49. The van der Waals surface area contributed by atoms with Crippen LogP contribution in [0.4, 0.5) is 17.1 Å². The number of hydrogen-bond acceptors (Lipinski definition) is 3. The molecule has 4 heteroatoms. The number of halogens is 1. The second kappa shape index (κ2) is 9.57. The van der Waals surface area contributed by atoms with Gasteiger partial charge in [0.15, 0.2) is 11.5 Å². The lowest BCUT2D eigenvalue weighted by atomic mass is 10.0.